The van der Waals surface area contributed by atoms with Crippen LogP contribution in [0, 0.1) is 19.8 Å². The number of benzene rings is 1. The molecule has 0 saturated heterocycles. The fraction of sp³-hybridized carbons (Fsp3) is 0.529. The molecule has 0 saturated carbocycles. The van der Waals surface area contributed by atoms with Crippen LogP contribution in [0.2, 0.25) is 9.36 Å². The van der Waals surface area contributed by atoms with E-state index in [-0.39, 0.29) is 0 Å². The number of aryl methyl sites for hydroxylation is 2. The van der Waals surface area contributed by atoms with Gasteiger partial charge in [-0.05, 0) is 0 Å². The molecule has 0 spiro atoms. The zero-order valence-electron chi connectivity index (χ0n) is 12.6. The third kappa shape index (κ3) is 1.99. The number of allylic oxidation sites excluding steroid dienone is 1. The topological polar surface area (TPSA) is 0 Å². The van der Waals surface area contributed by atoms with Gasteiger partial charge >= 0.3 is 121 Å². The number of fused-ring (bicyclic) bond motifs is 1. The molecule has 2 unspecified atom stereocenters. The van der Waals surface area contributed by atoms with E-state index in [0.29, 0.717) is 3.17 Å². The summed E-state index contributed by atoms with van der Waals surface area (Å²) in [5, 5.41) is 0. The first-order valence-corrected chi connectivity index (χ1v) is 16.0. The summed E-state index contributed by atoms with van der Waals surface area (Å²) in [5.74, 6) is 0.786. The minimum atomic E-state index is -1.56. The molecule has 0 fully saturated rings. The number of rotatable bonds is 3. The molecule has 0 nitrogen and oxygen atoms in total. The minimum absolute atomic E-state index is 0.452. The Morgan fingerprint density at radius 1 is 1.17 bits per heavy atom. The Kier molecular flexibility index (Phi) is 4.02. The van der Waals surface area contributed by atoms with Gasteiger partial charge in [0, 0.05) is 0 Å². The number of hydrogen-bond acceptors (Lipinski definition) is 0. The molecule has 97 valence electrons. The molecule has 0 aliphatic heterocycles. The van der Waals surface area contributed by atoms with E-state index >= 15 is 0 Å². The fourth-order valence-electron chi connectivity index (χ4n) is 3.33. The summed E-state index contributed by atoms with van der Waals surface area (Å²) in [5.41, 5.74) is 6.02. The fourth-order valence-corrected chi connectivity index (χ4v) is 11.8. The molecule has 0 N–H and O–H groups in total. The summed E-state index contributed by atoms with van der Waals surface area (Å²) < 4.78 is 5.60. The Balaban J connectivity index is 2.63. The van der Waals surface area contributed by atoms with Gasteiger partial charge in [-0.1, -0.05) is 0 Å². The quantitative estimate of drug-likeness (QED) is 0.597. The van der Waals surface area contributed by atoms with Crippen molar-refractivity contribution in [3.05, 3.63) is 40.5 Å². The van der Waals surface area contributed by atoms with Gasteiger partial charge in [0.05, 0.1) is 0 Å². The van der Waals surface area contributed by atoms with Crippen molar-refractivity contribution in [2.24, 2.45) is 5.92 Å². The van der Waals surface area contributed by atoms with Gasteiger partial charge < -0.3 is 0 Å². The monoisotopic (exact) mass is 409 g/mol. The van der Waals surface area contributed by atoms with Crippen LogP contribution in [0.1, 0.15) is 42.5 Å². The second-order valence-corrected chi connectivity index (χ2v) is 16.2. The summed E-state index contributed by atoms with van der Waals surface area (Å²) >= 11 is -1.56. The standard InChI is InChI=1S/C15H19.2CH3.Hf/c1-5-10(2)14-7-6-13-8-11(3)12(4)9-15(13)14;;;/h6-10H,5H2,1-4H3;2*1H3;. The van der Waals surface area contributed by atoms with E-state index in [1.807, 2.05) is 0 Å². The van der Waals surface area contributed by atoms with Crippen molar-refractivity contribution in [2.75, 3.05) is 0 Å². The molecule has 0 aromatic heterocycles. The summed E-state index contributed by atoms with van der Waals surface area (Å²) in [6, 6.07) is 4.87. The van der Waals surface area contributed by atoms with E-state index in [9.17, 15) is 0 Å². The van der Waals surface area contributed by atoms with Gasteiger partial charge in [0.15, 0.2) is 0 Å². The second-order valence-electron chi connectivity index (χ2n) is 6.04. The summed E-state index contributed by atoms with van der Waals surface area (Å²) in [6.07, 6.45) is 6.24. The molecule has 0 heterocycles. The van der Waals surface area contributed by atoms with Crippen molar-refractivity contribution >= 4 is 6.08 Å². The van der Waals surface area contributed by atoms with Gasteiger partial charge in [0.1, 0.15) is 0 Å². The Labute approximate surface area is 120 Å². The van der Waals surface area contributed by atoms with E-state index in [1.165, 1.54) is 23.1 Å². The first-order chi connectivity index (χ1) is 8.43. The van der Waals surface area contributed by atoms with Crippen molar-refractivity contribution in [3.8, 4) is 0 Å². The molecule has 0 radical (unpaired) electrons. The van der Waals surface area contributed by atoms with Crippen molar-refractivity contribution in [1.82, 2.24) is 0 Å². The van der Waals surface area contributed by atoms with Crippen LogP contribution in [0.5, 0.6) is 0 Å². The molecule has 2 rings (SSSR count). The van der Waals surface area contributed by atoms with Gasteiger partial charge in [-0.3, -0.25) is 0 Å². The molecular weight excluding hydrogens is 383 g/mol. The van der Waals surface area contributed by atoms with Crippen LogP contribution in [-0.2, 0) is 24.6 Å². The Bertz CT molecular complexity index is 485. The number of hydrogen-bond donors (Lipinski definition) is 0. The average molecular weight is 408 g/mol. The van der Waals surface area contributed by atoms with Gasteiger partial charge in [-0.15, -0.1) is 0 Å². The van der Waals surface area contributed by atoms with Crippen molar-refractivity contribution in [2.45, 2.75) is 46.6 Å². The molecule has 1 heteroatoms. The van der Waals surface area contributed by atoms with Crippen LogP contribution in [0.25, 0.3) is 6.08 Å². The van der Waals surface area contributed by atoms with Crippen molar-refractivity contribution < 1.29 is 21.4 Å². The van der Waals surface area contributed by atoms with Gasteiger partial charge in [0.2, 0.25) is 0 Å². The zero-order valence-corrected chi connectivity index (χ0v) is 16.2. The molecule has 0 bridgehead atoms. The van der Waals surface area contributed by atoms with E-state index in [1.54, 1.807) is 5.56 Å². The Hall–Kier alpha value is -0.170. The first-order valence-electron chi connectivity index (χ1n) is 7.05. The summed E-state index contributed by atoms with van der Waals surface area (Å²) in [7, 11) is 0. The zero-order chi connectivity index (χ0) is 13.5. The predicted molar refractivity (Wildman–Crippen MR) is 77.8 cm³/mol. The SMILES string of the molecule is CCC(C)[C]1([Hf]([CH3])[CH3])C=Cc2cc(C)c(C)cc21. The van der Waals surface area contributed by atoms with Gasteiger partial charge in [0.25, 0.3) is 0 Å². The molecular formula is C17H25Hf. The van der Waals surface area contributed by atoms with Crippen LogP contribution in [-0.4, -0.2) is 0 Å². The molecule has 1 aliphatic rings. The van der Waals surface area contributed by atoms with E-state index in [4.69, 9.17) is 0 Å². The Morgan fingerprint density at radius 2 is 1.78 bits per heavy atom. The third-order valence-corrected chi connectivity index (χ3v) is 14.1. The predicted octanol–water partition coefficient (Wildman–Crippen LogP) is 5.29. The third-order valence-electron chi connectivity index (χ3n) is 4.85. The van der Waals surface area contributed by atoms with Gasteiger partial charge in [-0.2, -0.15) is 0 Å². The molecule has 1 aliphatic carbocycles. The van der Waals surface area contributed by atoms with Gasteiger partial charge in [-0.25, -0.2) is 0 Å². The van der Waals surface area contributed by atoms with Crippen LogP contribution >= 0.6 is 0 Å². The van der Waals surface area contributed by atoms with Crippen LogP contribution in [0.4, 0.5) is 0 Å². The molecule has 2 atom stereocenters. The molecule has 1 aromatic rings. The van der Waals surface area contributed by atoms with E-state index in [0.717, 1.165) is 5.92 Å². The van der Waals surface area contributed by atoms with Crippen LogP contribution in [0.3, 0.4) is 0 Å². The second kappa shape index (κ2) is 5.07. The first kappa shape index (κ1) is 14.2. The molecule has 18 heavy (non-hydrogen) atoms. The van der Waals surface area contributed by atoms with Crippen molar-refractivity contribution in [3.63, 3.8) is 0 Å². The van der Waals surface area contributed by atoms with Crippen molar-refractivity contribution in [1.29, 1.82) is 0 Å². The van der Waals surface area contributed by atoms with E-state index in [2.05, 4.69) is 61.3 Å². The maximum atomic E-state index is 2.57. The maximum absolute atomic E-state index is 2.57. The average Bonchev–Trinajstić information content (AvgIpc) is 2.68. The van der Waals surface area contributed by atoms with E-state index < -0.39 is 21.4 Å². The normalized spacial score (nSPS) is 23.0. The summed E-state index contributed by atoms with van der Waals surface area (Å²) in [6.45, 7) is 9.28. The molecule has 1 aromatic carbocycles. The molecule has 0 amide bonds. The van der Waals surface area contributed by atoms with Crippen LogP contribution < -0.4 is 0 Å². The summed E-state index contributed by atoms with van der Waals surface area (Å²) in [4.78, 5) is 0. The Morgan fingerprint density at radius 3 is 2.33 bits per heavy atom. The van der Waals surface area contributed by atoms with Crippen LogP contribution in [0.15, 0.2) is 18.2 Å².